The molecule has 134 valence electrons. The number of esters is 1. The van der Waals surface area contributed by atoms with Crippen LogP contribution in [-0.2, 0) is 28.2 Å². The third kappa shape index (κ3) is 4.14. The number of hydrogen-bond acceptors (Lipinski definition) is 6. The summed E-state index contributed by atoms with van der Waals surface area (Å²) >= 11 is 0. The van der Waals surface area contributed by atoms with Crippen LogP contribution in [0.1, 0.15) is 42.9 Å². The van der Waals surface area contributed by atoms with Crippen LogP contribution < -0.4 is 0 Å². The number of fused-ring (bicyclic) bond motifs is 1. The van der Waals surface area contributed by atoms with Crippen molar-refractivity contribution in [2.75, 3.05) is 6.61 Å². The van der Waals surface area contributed by atoms with E-state index in [1.807, 2.05) is 0 Å². The van der Waals surface area contributed by atoms with Gasteiger partial charge in [-0.05, 0) is 32.0 Å². The average molecular weight is 348 g/mol. The van der Waals surface area contributed by atoms with Crippen LogP contribution in [0.25, 0.3) is 0 Å². The molecule has 0 saturated carbocycles. The normalized spacial score (nSPS) is 37.4. The number of ether oxygens (including phenoxy) is 4. The van der Waals surface area contributed by atoms with E-state index in [1.54, 1.807) is 13.8 Å². The Labute approximate surface area is 141 Å². The fraction of sp³-hybridized carbons (Fsp3) is 0.938. The lowest BCUT2D eigenvalue weighted by atomic mass is 10.1. The number of rotatable bonds is 4. The molecule has 0 radical (unpaired) electrons. The summed E-state index contributed by atoms with van der Waals surface area (Å²) in [5, 5.41) is 0.0608. The molecule has 2 heterocycles. The van der Waals surface area contributed by atoms with Crippen molar-refractivity contribution in [3.8, 4) is 0 Å². The van der Waals surface area contributed by atoms with Crippen molar-refractivity contribution < 1.29 is 29.5 Å². The Balaban J connectivity index is 2.15. The molecule has 2 fully saturated rings. The van der Waals surface area contributed by atoms with Gasteiger partial charge in [-0.25, -0.2) is 0 Å². The van der Waals surface area contributed by atoms with Crippen molar-refractivity contribution >= 4 is 14.3 Å². The highest BCUT2D eigenvalue weighted by Gasteiger charge is 2.57. The lowest BCUT2D eigenvalue weighted by Gasteiger charge is -2.37. The fourth-order valence-corrected chi connectivity index (χ4v) is 3.40. The molecule has 0 bridgehead atoms. The third-order valence-electron chi connectivity index (χ3n) is 4.65. The predicted molar refractivity (Wildman–Crippen MR) is 87.4 cm³/mol. The highest BCUT2D eigenvalue weighted by molar-refractivity contribution is 6.74. The summed E-state index contributed by atoms with van der Waals surface area (Å²) in [4.78, 5) is 11.4. The molecule has 0 aromatic carbocycles. The maximum absolute atomic E-state index is 11.4. The number of carbonyl (C=O) groups is 1. The van der Waals surface area contributed by atoms with E-state index in [4.69, 9.17) is 24.7 Å². The molecule has 0 aromatic rings. The second-order valence-electron chi connectivity index (χ2n) is 8.16. The summed E-state index contributed by atoms with van der Waals surface area (Å²) in [6.07, 6.45) is -3.75. The summed E-state index contributed by atoms with van der Waals surface area (Å²) in [5.74, 6) is -1.45. The van der Waals surface area contributed by atoms with Crippen molar-refractivity contribution in [2.45, 2.75) is 90.0 Å². The van der Waals surface area contributed by atoms with Gasteiger partial charge in [0.15, 0.2) is 20.2 Å². The molecule has 23 heavy (non-hydrogen) atoms. The summed E-state index contributed by atoms with van der Waals surface area (Å²) < 4.78 is 37.0. The Bertz CT molecular complexity index is 503. The first-order chi connectivity index (χ1) is 10.7. The average Bonchev–Trinajstić information content (AvgIpc) is 2.79. The topological polar surface area (TPSA) is 63.2 Å². The van der Waals surface area contributed by atoms with Gasteiger partial charge >= 0.3 is 5.97 Å². The lowest BCUT2D eigenvalue weighted by Crippen LogP contribution is -2.44. The van der Waals surface area contributed by atoms with E-state index in [1.165, 1.54) is 6.92 Å². The van der Waals surface area contributed by atoms with Gasteiger partial charge in [-0.15, -0.1) is 0 Å². The number of carbonyl (C=O) groups excluding carboxylic acids is 1. The zero-order valence-electron chi connectivity index (χ0n) is 16.4. The van der Waals surface area contributed by atoms with Crippen molar-refractivity contribution in [3.63, 3.8) is 0 Å². The van der Waals surface area contributed by atoms with Gasteiger partial charge in [0.25, 0.3) is 0 Å². The van der Waals surface area contributed by atoms with Gasteiger partial charge in [-0.2, -0.15) is 0 Å². The van der Waals surface area contributed by atoms with Crippen LogP contribution in [0.5, 0.6) is 0 Å². The van der Waals surface area contributed by atoms with Gasteiger partial charge in [0.05, 0.1) is 6.61 Å². The van der Waals surface area contributed by atoms with Gasteiger partial charge in [0, 0.05) is 6.92 Å². The molecule has 0 aromatic heterocycles. The van der Waals surface area contributed by atoms with Crippen molar-refractivity contribution in [1.82, 2.24) is 0 Å². The van der Waals surface area contributed by atoms with Gasteiger partial charge in [0.2, 0.25) is 6.27 Å². The number of hydrogen-bond donors (Lipinski definition) is 0. The van der Waals surface area contributed by atoms with Gasteiger partial charge < -0.3 is 23.4 Å². The van der Waals surface area contributed by atoms with Gasteiger partial charge in [-0.1, -0.05) is 20.8 Å². The molecule has 1 unspecified atom stereocenters. The van der Waals surface area contributed by atoms with Crippen LogP contribution >= 0.6 is 0 Å². The SMILES string of the molecule is [2H]C1(OC(C)=O)O[C@H](CO[Si](C)(C)C(C)(C)C)[C@H]2OC(C)(C)O[C@H]21. The van der Waals surface area contributed by atoms with Crippen LogP contribution in [0.15, 0.2) is 0 Å². The van der Waals surface area contributed by atoms with E-state index in [9.17, 15) is 4.79 Å². The molecule has 0 amide bonds. The molecule has 0 aliphatic carbocycles. The summed E-state index contributed by atoms with van der Waals surface area (Å²) in [6.45, 7) is 15.8. The maximum atomic E-state index is 11.4. The monoisotopic (exact) mass is 347 g/mol. The molecule has 2 aliphatic rings. The molecule has 6 nitrogen and oxygen atoms in total. The fourth-order valence-electron chi connectivity index (χ4n) is 2.39. The van der Waals surface area contributed by atoms with E-state index < -0.39 is 44.7 Å². The maximum Gasteiger partial charge on any atom is 0.305 e. The molecular weight excluding hydrogens is 316 g/mol. The van der Waals surface area contributed by atoms with Gasteiger partial charge in [0.1, 0.15) is 13.6 Å². The second-order valence-corrected chi connectivity index (χ2v) is 13.0. The van der Waals surface area contributed by atoms with Crippen LogP contribution in [0, 0.1) is 0 Å². The van der Waals surface area contributed by atoms with Crippen molar-refractivity contribution in [3.05, 3.63) is 0 Å². The quantitative estimate of drug-likeness (QED) is 0.576. The Morgan fingerprint density at radius 3 is 2.35 bits per heavy atom. The second kappa shape index (κ2) is 6.11. The molecule has 0 N–H and O–H groups in total. The highest BCUT2D eigenvalue weighted by atomic mass is 28.4. The van der Waals surface area contributed by atoms with E-state index in [2.05, 4.69) is 33.9 Å². The zero-order valence-corrected chi connectivity index (χ0v) is 16.4. The van der Waals surface area contributed by atoms with Crippen LogP contribution in [0.2, 0.25) is 18.1 Å². The first-order valence-electron chi connectivity index (χ1n) is 8.54. The first-order valence-corrected chi connectivity index (χ1v) is 10.9. The first kappa shape index (κ1) is 17.4. The predicted octanol–water partition coefficient (Wildman–Crippen LogP) is 2.82. The van der Waals surface area contributed by atoms with Crippen molar-refractivity contribution in [2.24, 2.45) is 0 Å². The van der Waals surface area contributed by atoms with E-state index >= 15 is 0 Å². The molecule has 7 heteroatoms. The minimum atomic E-state index is -1.98. The minimum Gasteiger partial charge on any atom is -0.433 e. The molecular formula is C16H30O6Si. The molecule has 2 saturated heterocycles. The van der Waals surface area contributed by atoms with E-state index in [0.717, 1.165) is 0 Å². The Kier molecular flexibility index (Phi) is 4.61. The highest BCUT2D eigenvalue weighted by Crippen LogP contribution is 2.41. The van der Waals surface area contributed by atoms with Crippen LogP contribution in [0.3, 0.4) is 0 Å². The van der Waals surface area contributed by atoms with E-state index in [-0.39, 0.29) is 11.6 Å². The van der Waals surface area contributed by atoms with Gasteiger partial charge in [-0.3, -0.25) is 4.79 Å². The minimum absolute atomic E-state index is 0.0608. The lowest BCUT2D eigenvalue weighted by molar-refractivity contribution is -0.233. The van der Waals surface area contributed by atoms with E-state index in [0.29, 0.717) is 0 Å². The summed E-state index contributed by atoms with van der Waals surface area (Å²) in [6, 6.07) is 0. The third-order valence-corrected chi connectivity index (χ3v) is 9.16. The standard InChI is InChI=1S/C16H30O6Si/c1-10(17)19-14-13-12(21-16(5,6)22-13)11(20-14)9-18-23(7,8)15(2,3)4/h11-14H,9H2,1-8H3/t11-,12-,13-,14?/m1/s1/i14D. The molecule has 2 aliphatic heterocycles. The molecule has 2 rings (SSSR count). The van der Waals surface area contributed by atoms with Crippen LogP contribution in [0.4, 0.5) is 0 Å². The zero-order chi connectivity index (χ0) is 18.6. The van der Waals surface area contributed by atoms with Crippen LogP contribution in [-0.4, -0.2) is 51.3 Å². The molecule has 4 atom stereocenters. The Morgan fingerprint density at radius 1 is 1.26 bits per heavy atom. The Hall–Kier alpha value is -0.473. The largest absolute Gasteiger partial charge is 0.433 e. The van der Waals surface area contributed by atoms with Crippen molar-refractivity contribution in [1.29, 1.82) is 0 Å². The molecule has 0 spiro atoms. The summed E-state index contributed by atoms with van der Waals surface area (Å²) in [5.41, 5.74) is 0. The summed E-state index contributed by atoms with van der Waals surface area (Å²) in [7, 11) is -1.98. The smallest absolute Gasteiger partial charge is 0.305 e. The Morgan fingerprint density at radius 2 is 1.83 bits per heavy atom.